The van der Waals surface area contributed by atoms with Gasteiger partial charge in [-0.15, -0.1) is 5.10 Å². The first-order valence-electron chi connectivity index (χ1n) is 10.5. The second kappa shape index (κ2) is 7.51. The molecule has 2 aromatic rings. The Morgan fingerprint density at radius 2 is 2.12 bits per heavy atom. The molecule has 2 aromatic carbocycles. The number of halogens is 1. The van der Waals surface area contributed by atoms with Crippen molar-refractivity contribution < 1.29 is 19.4 Å². The molecule has 8 heteroatoms. The van der Waals surface area contributed by atoms with Gasteiger partial charge in [0.15, 0.2) is 6.10 Å². The van der Waals surface area contributed by atoms with Crippen LogP contribution in [0.4, 0.5) is 0 Å². The highest BCUT2D eigenvalue weighted by molar-refractivity contribution is 6.30. The van der Waals surface area contributed by atoms with Crippen LogP contribution in [0.25, 0.3) is 0 Å². The van der Waals surface area contributed by atoms with Crippen molar-refractivity contribution in [2.75, 3.05) is 0 Å². The molecule has 2 aliphatic heterocycles. The predicted octanol–water partition coefficient (Wildman–Crippen LogP) is 3.79. The summed E-state index contributed by atoms with van der Waals surface area (Å²) in [5, 5.41) is 26.9. The zero-order valence-corrected chi connectivity index (χ0v) is 18.4. The van der Waals surface area contributed by atoms with Crippen LogP contribution in [0.5, 0.6) is 5.75 Å². The Hall–Kier alpha value is -3.08. The Kier molecular flexibility index (Phi) is 4.88. The minimum absolute atomic E-state index is 0.0395. The lowest BCUT2D eigenvalue weighted by atomic mass is 9.87. The smallest absolute Gasteiger partial charge is 0.247 e. The van der Waals surface area contributed by atoms with E-state index in [1.807, 2.05) is 12.1 Å². The number of hydrazone groups is 1. The van der Waals surface area contributed by atoms with Crippen molar-refractivity contribution >= 4 is 23.4 Å². The number of nitriles is 1. The molecule has 32 heavy (non-hydrogen) atoms. The number of benzene rings is 2. The van der Waals surface area contributed by atoms with E-state index in [9.17, 15) is 15.2 Å². The SMILES string of the molecule is CC1(C)Oc2ccc(C#N)cc2[C@@H](OC2=NN(Cc3cccc(Cl)c3)C(=O)[C@@H]3C[C@H]23)[C@@H]1O. The molecular weight excluding hydrogens is 430 g/mol. The number of amides is 1. The van der Waals surface area contributed by atoms with E-state index in [0.717, 1.165) is 5.56 Å². The molecule has 2 heterocycles. The summed E-state index contributed by atoms with van der Waals surface area (Å²) in [4.78, 5) is 12.8. The summed E-state index contributed by atoms with van der Waals surface area (Å²) in [7, 11) is 0. The molecule has 3 aliphatic rings. The number of ether oxygens (including phenoxy) is 2. The van der Waals surface area contributed by atoms with Crippen LogP contribution in [0.3, 0.4) is 0 Å². The van der Waals surface area contributed by atoms with E-state index in [0.29, 0.717) is 34.2 Å². The third-order valence-corrected chi connectivity index (χ3v) is 6.42. The molecule has 1 saturated carbocycles. The minimum Gasteiger partial charge on any atom is -0.485 e. The molecule has 0 radical (unpaired) electrons. The van der Waals surface area contributed by atoms with E-state index in [-0.39, 0.29) is 24.3 Å². The molecule has 1 amide bonds. The fraction of sp³-hybridized carbons (Fsp3) is 0.375. The summed E-state index contributed by atoms with van der Waals surface area (Å²) in [6, 6.07) is 14.5. The van der Waals surface area contributed by atoms with Crippen molar-refractivity contribution in [1.82, 2.24) is 5.01 Å². The average Bonchev–Trinajstić information content (AvgIpc) is 3.55. The van der Waals surface area contributed by atoms with E-state index >= 15 is 0 Å². The maximum atomic E-state index is 12.8. The standard InChI is InChI=1S/C24H22ClN3O4/c1-24(2)21(29)20(18-9-13(11-26)6-7-19(18)32-24)31-22-16-10-17(16)23(30)28(27-22)12-14-4-3-5-15(25)8-14/h3-9,16-17,20-21,29H,10,12H2,1-2H3/t16-,17+,20+,21-/m0/s1. The second-order valence-electron chi connectivity index (χ2n) is 8.97. The lowest BCUT2D eigenvalue weighted by molar-refractivity contribution is -0.135. The van der Waals surface area contributed by atoms with Crippen LogP contribution in [0.15, 0.2) is 47.6 Å². The first kappa shape index (κ1) is 20.8. The van der Waals surface area contributed by atoms with Gasteiger partial charge in [-0.3, -0.25) is 4.79 Å². The van der Waals surface area contributed by atoms with Crippen LogP contribution in [0.2, 0.25) is 5.02 Å². The Balaban J connectivity index is 1.47. The number of carbonyl (C=O) groups is 1. The lowest BCUT2D eigenvalue weighted by Gasteiger charge is -2.42. The molecule has 7 nitrogen and oxygen atoms in total. The normalized spacial score (nSPS) is 27.4. The number of aliphatic hydroxyl groups excluding tert-OH is 1. The first-order chi connectivity index (χ1) is 15.3. The van der Waals surface area contributed by atoms with Crippen molar-refractivity contribution in [3.63, 3.8) is 0 Å². The molecular formula is C24H22ClN3O4. The van der Waals surface area contributed by atoms with Gasteiger partial charge in [-0.25, -0.2) is 5.01 Å². The number of hydrogen-bond donors (Lipinski definition) is 1. The van der Waals surface area contributed by atoms with E-state index < -0.39 is 17.8 Å². The topological polar surface area (TPSA) is 95.2 Å². The number of rotatable bonds is 3. The number of hydrogen-bond acceptors (Lipinski definition) is 6. The lowest BCUT2D eigenvalue weighted by Crippen LogP contribution is -2.50. The van der Waals surface area contributed by atoms with Crippen molar-refractivity contribution in [2.24, 2.45) is 16.9 Å². The van der Waals surface area contributed by atoms with Gasteiger partial charge in [0, 0.05) is 16.5 Å². The fourth-order valence-corrected chi connectivity index (χ4v) is 4.49. The van der Waals surface area contributed by atoms with E-state index in [1.165, 1.54) is 5.01 Å². The summed E-state index contributed by atoms with van der Waals surface area (Å²) in [6.45, 7) is 3.85. The zero-order chi connectivity index (χ0) is 22.6. The molecule has 0 aromatic heterocycles. The maximum absolute atomic E-state index is 12.8. The highest BCUT2D eigenvalue weighted by atomic mass is 35.5. The molecule has 5 rings (SSSR count). The first-order valence-corrected chi connectivity index (χ1v) is 10.9. The molecule has 1 N–H and O–H groups in total. The molecule has 0 saturated heterocycles. The van der Waals surface area contributed by atoms with Gasteiger partial charge in [0.05, 0.1) is 24.1 Å². The van der Waals surface area contributed by atoms with Gasteiger partial charge in [-0.05, 0) is 56.2 Å². The van der Waals surface area contributed by atoms with Gasteiger partial charge >= 0.3 is 0 Å². The Morgan fingerprint density at radius 3 is 2.88 bits per heavy atom. The number of carbonyl (C=O) groups excluding carboxylic acids is 1. The number of nitrogens with zero attached hydrogens (tertiary/aromatic N) is 3. The van der Waals surface area contributed by atoms with E-state index in [2.05, 4.69) is 11.2 Å². The van der Waals surface area contributed by atoms with E-state index in [1.54, 1.807) is 44.2 Å². The predicted molar refractivity (Wildman–Crippen MR) is 117 cm³/mol. The van der Waals surface area contributed by atoms with Gasteiger partial charge in [0.1, 0.15) is 17.5 Å². The van der Waals surface area contributed by atoms with Crippen LogP contribution in [-0.4, -0.2) is 33.6 Å². The second-order valence-corrected chi connectivity index (χ2v) is 9.40. The van der Waals surface area contributed by atoms with Gasteiger partial charge in [-0.1, -0.05) is 23.7 Å². The Bertz CT molecular complexity index is 1170. The molecule has 4 atom stereocenters. The summed E-state index contributed by atoms with van der Waals surface area (Å²) in [5.41, 5.74) is 0.999. The number of fused-ring (bicyclic) bond motifs is 2. The molecule has 0 bridgehead atoms. The summed E-state index contributed by atoms with van der Waals surface area (Å²) in [5.74, 6) is 0.671. The van der Waals surface area contributed by atoms with Crippen molar-refractivity contribution in [3.05, 3.63) is 64.2 Å². The van der Waals surface area contributed by atoms with Crippen LogP contribution in [0, 0.1) is 23.2 Å². The Labute approximate surface area is 190 Å². The Morgan fingerprint density at radius 1 is 1.31 bits per heavy atom. The average molecular weight is 452 g/mol. The van der Waals surface area contributed by atoms with Crippen LogP contribution in [0.1, 0.15) is 43.1 Å². The van der Waals surface area contributed by atoms with Crippen LogP contribution < -0.4 is 4.74 Å². The van der Waals surface area contributed by atoms with E-state index in [4.69, 9.17) is 21.1 Å². The largest absolute Gasteiger partial charge is 0.485 e. The quantitative estimate of drug-likeness (QED) is 0.765. The molecule has 0 unspecified atom stereocenters. The molecule has 1 aliphatic carbocycles. The zero-order valence-electron chi connectivity index (χ0n) is 17.7. The monoisotopic (exact) mass is 451 g/mol. The van der Waals surface area contributed by atoms with Gasteiger partial charge in [-0.2, -0.15) is 5.26 Å². The van der Waals surface area contributed by atoms with Gasteiger partial charge < -0.3 is 14.6 Å². The molecule has 1 fully saturated rings. The molecule has 164 valence electrons. The summed E-state index contributed by atoms with van der Waals surface area (Å²) < 4.78 is 12.3. The third kappa shape index (κ3) is 3.60. The van der Waals surface area contributed by atoms with Gasteiger partial charge in [0.25, 0.3) is 0 Å². The fourth-order valence-electron chi connectivity index (χ4n) is 4.28. The summed E-state index contributed by atoms with van der Waals surface area (Å²) in [6.07, 6.45) is -1.11. The summed E-state index contributed by atoms with van der Waals surface area (Å²) >= 11 is 6.08. The van der Waals surface area contributed by atoms with Crippen LogP contribution >= 0.6 is 11.6 Å². The van der Waals surface area contributed by atoms with Crippen molar-refractivity contribution in [1.29, 1.82) is 5.26 Å². The van der Waals surface area contributed by atoms with Crippen molar-refractivity contribution in [2.45, 2.75) is 44.6 Å². The van der Waals surface area contributed by atoms with Gasteiger partial charge in [0.2, 0.25) is 11.8 Å². The number of aliphatic hydroxyl groups is 1. The van der Waals surface area contributed by atoms with Crippen molar-refractivity contribution in [3.8, 4) is 11.8 Å². The minimum atomic E-state index is -0.997. The van der Waals surface area contributed by atoms with Crippen LogP contribution in [-0.2, 0) is 16.1 Å². The third-order valence-electron chi connectivity index (χ3n) is 6.19. The highest BCUT2D eigenvalue weighted by Crippen LogP contribution is 2.48. The highest BCUT2D eigenvalue weighted by Gasteiger charge is 2.55. The molecule has 0 spiro atoms. The maximum Gasteiger partial charge on any atom is 0.247 e.